The fourth-order valence-electron chi connectivity index (χ4n) is 5.57. The third-order valence-electron chi connectivity index (χ3n) is 6.67. The molecule has 8 nitrogen and oxygen atoms in total. The number of nitrogens with zero attached hydrogens (tertiary/aromatic N) is 5. The Morgan fingerprint density at radius 1 is 1.17 bits per heavy atom. The second-order valence-corrected chi connectivity index (χ2v) is 9.96. The Morgan fingerprint density at radius 3 is 2.43 bits per heavy atom. The number of aromatic nitrogens is 5. The summed E-state index contributed by atoms with van der Waals surface area (Å²) in [5.74, 6) is 1.06. The lowest BCUT2D eigenvalue weighted by Gasteiger charge is -2.40. The molecule has 0 radical (unpaired) electrons. The number of Topliss-reactive ketones (excluding diaryl/α,β-unsaturated/α-hetero) is 1. The zero-order valence-electron chi connectivity index (χ0n) is 18.9. The van der Waals surface area contributed by atoms with E-state index in [4.69, 9.17) is 4.98 Å². The average Bonchev–Trinajstić information content (AvgIpc) is 3.11. The van der Waals surface area contributed by atoms with E-state index in [-0.39, 0.29) is 23.8 Å². The number of hydrogen-bond donors (Lipinski definition) is 0. The van der Waals surface area contributed by atoms with Gasteiger partial charge in [-0.2, -0.15) is 4.98 Å². The first-order chi connectivity index (χ1) is 13.9. The van der Waals surface area contributed by atoms with E-state index in [0.717, 1.165) is 28.8 Å². The number of imidazole rings is 2. The molecular weight excluding hydrogens is 382 g/mol. The van der Waals surface area contributed by atoms with Crippen LogP contribution in [0.2, 0.25) is 0 Å². The second-order valence-electron chi connectivity index (χ2n) is 9.96. The standard InChI is InChI=1S/C22H31N5O3/c1-12-8-16(10-22(5,6)9-12)26-14(3)15(4)27-17-18(23-20(26)27)24(7)21(30)25(19(17)29)11-13(2)28/h12,16H,8-11H2,1-7H3. The summed E-state index contributed by atoms with van der Waals surface area (Å²) in [6.07, 6.45) is 3.29. The summed E-state index contributed by atoms with van der Waals surface area (Å²) < 4.78 is 6.51. The first-order valence-electron chi connectivity index (χ1n) is 10.6. The summed E-state index contributed by atoms with van der Waals surface area (Å²) in [6, 6.07) is 0.285. The number of fused-ring (bicyclic) bond motifs is 3. The van der Waals surface area contributed by atoms with Gasteiger partial charge in [0.25, 0.3) is 5.56 Å². The van der Waals surface area contributed by atoms with Crippen molar-refractivity contribution in [2.24, 2.45) is 18.4 Å². The van der Waals surface area contributed by atoms with E-state index in [0.29, 0.717) is 22.9 Å². The molecule has 8 heteroatoms. The summed E-state index contributed by atoms with van der Waals surface area (Å²) in [6.45, 7) is 12.1. The molecule has 0 aliphatic heterocycles. The van der Waals surface area contributed by atoms with Gasteiger partial charge in [-0.1, -0.05) is 20.8 Å². The van der Waals surface area contributed by atoms with Gasteiger partial charge >= 0.3 is 5.69 Å². The molecule has 0 aromatic carbocycles. The average molecular weight is 414 g/mol. The Bertz CT molecular complexity index is 1300. The van der Waals surface area contributed by atoms with Crippen molar-refractivity contribution in [3.05, 3.63) is 32.2 Å². The lowest BCUT2D eigenvalue weighted by atomic mass is 9.70. The fraction of sp³-hybridized carbons (Fsp3) is 0.636. The molecule has 3 aromatic rings. The van der Waals surface area contributed by atoms with Crippen molar-refractivity contribution in [3.63, 3.8) is 0 Å². The van der Waals surface area contributed by atoms with Crippen molar-refractivity contribution in [2.45, 2.75) is 73.4 Å². The van der Waals surface area contributed by atoms with Crippen LogP contribution in [-0.2, 0) is 18.4 Å². The number of aryl methyl sites for hydroxylation is 2. The van der Waals surface area contributed by atoms with Crippen molar-refractivity contribution in [1.29, 1.82) is 0 Å². The molecule has 0 saturated heterocycles. The molecule has 1 aliphatic rings. The minimum absolute atomic E-state index is 0.233. The topological polar surface area (TPSA) is 83.3 Å². The third kappa shape index (κ3) is 2.96. The zero-order valence-corrected chi connectivity index (χ0v) is 18.9. The molecule has 3 heterocycles. The second kappa shape index (κ2) is 6.68. The zero-order chi connectivity index (χ0) is 22.1. The van der Waals surface area contributed by atoms with Gasteiger partial charge in [-0.25, -0.2) is 4.79 Å². The van der Waals surface area contributed by atoms with E-state index in [1.165, 1.54) is 17.9 Å². The lowest BCUT2D eigenvalue weighted by Crippen LogP contribution is -2.40. The first-order valence-corrected chi connectivity index (χ1v) is 10.6. The van der Waals surface area contributed by atoms with Gasteiger partial charge in [0.05, 0.1) is 6.54 Å². The van der Waals surface area contributed by atoms with Crippen LogP contribution in [-0.4, -0.2) is 28.9 Å². The fourth-order valence-corrected chi connectivity index (χ4v) is 5.57. The highest BCUT2D eigenvalue weighted by molar-refractivity contribution is 5.78. The highest BCUT2D eigenvalue weighted by atomic mass is 16.2. The van der Waals surface area contributed by atoms with Gasteiger partial charge in [0.2, 0.25) is 5.78 Å². The van der Waals surface area contributed by atoms with Gasteiger partial charge in [-0.3, -0.25) is 23.1 Å². The Kier molecular flexibility index (Phi) is 4.60. The number of rotatable bonds is 3. The summed E-state index contributed by atoms with van der Waals surface area (Å²) in [4.78, 5) is 42.4. The molecular formula is C22H31N5O3. The van der Waals surface area contributed by atoms with Crippen LogP contribution >= 0.6 is 0 Å². The Balaban J connectivity index is 2.06. The van der Waals surface area contributed by atoms with E-state index in [1.807, 2.05) is 11.3 Å². The Morgan fingerprint density at radius 2 is 1.83 bits per heavy atom. The van der Waals surface area contributed by atoms with Crippen LogP contribution in [0, 0.1) is 25.2 Å². The maximum atomic E-state index is 13.2. The third-order valence-corrected chi connectivity index (χ3v) is 6.67. The molecule has 2 atom stereocenters. The maximum absolute atomic E-state index is 13.2. The molecule has 0 N–H and O–H groups in total. The van der Waals surface area contributed by atoms with Gasteiger partial charge in [-0.05, 0) is 51.4 Å². The highest BCUT2D eigenvalue weighted by Crippen LogP contribution is 2.45. The minimum atomic E-state index is -0.517. The van der Waals surface area contributed by atoms with Crippen LogP contribution < -0.4 is 11.2 Å². The molecule has 0 spiro atoms. The van der Waals surface area contributed by atoms with E-state index >= 15 is 0 Å². The SMILES string of the molecule is CC(=O)Cn1c(=O)c2c(nc3n(C4CC(C)CC(C)(C)C4)c(C)c(C)n23)n(C)c1=O. The smallest absolute Gasteiger partial charge is 0.311 e. The Hall–Kier alpha value is -2.64. The molecule has 30 heavy (non-hydrogen) atoms. The molecule has 0 amide bonds. The van der Waals surface area contributed by atoms with Crippen LogP contribution in [0.15, 0.2) is 9.59 Å². The van der Waals surface area contributed by atoms with Gasteiger partial charge in [0, 0.05) is 24.5 Å². The van der Waals surface area contributed by atoms with Crippen molar-refractivity contribution < 1.29 is 4.79 Å². The van der Waals surface area contributed by atoms with Gasteiger partial charge in [0.15, 0.2) is 11.2 Å². The monoisotopic (exact) mass is 413 g/mol. The largest absolute Gasteiger partial charge is 0.332 e. The van der Waals surface area contributed by atoms with Crippen molar-refractivity contribution >= 4 is 22.7 Å². The van der Waals surface area contributed by atoms with E-state index in [9.17, 15) is 14.4 Å². The van der Waals surface area contributed by atoms with Crippen molar-refractivity contribution in [2.75, 3.05) is 0 Å². The molecule has 1 fully saturated rings. The summed E-state index contributed by atoms with van der Waals surface area (Å²) in [5, 5.41) is 0. The van der Waals surface area contributed by atoms with Crippen LogP contribution in [0.1, 0.15) is 64.4 Å². The molecule has 1 aliphatic carbocycles. The summed E-state index contributed by atoms with van der Waals surface area (Å²) in [5.41, 5.74) is 1.99. The number of ketones is 1. The molecule has 2 unspecified atom stereocenters. The van der Waals surface area contributed by atoms with E-state index < -0.39 is 11.2 Å². The van der Waals surface area contributed by atoms with Gasteiger partial charge < -0.3 is 4.57 Å². The Labute approximate surface area is 175 Å². The highest BCUT2D eigenvalue weighted by Gasteiger charge is 2.35. The van der Waals surface area contributed by atoms with Crippen LogP contribution in [0.4, 0.5) is 0 Å². The van der Waals surface area contributed by atoms with Crippen molar-refractivity contribution in [3.8, 4) is 0 Å². The predicted octanol–water partition coefficient (Wildman–Crippen LogP) is 2.74. The van der Waals surface area contributed by atoms with Crippen molar-refractivity contribution in [1.82, 2.24) is 23.1 Å². The van der Waals surface area contributed by atoms with Crippen LogP contribution in [0.3, 0.4) is 0 Å². The molecule has 4 rings (SSSR count). The van der Waals surface area contributed by atoms with Crippen LogP contribution in [0.5, 0.6) is 0 Å². The summed E-state index contributed by atoms with van der Waals surface area (Å²) >= 11 is 0. The number of carbonyl (C=O) groups excluding carboxylic acids is 1. The number of carbonyl (C=O) groups is 1. The molecule has 1 saturated carbocycles. The van der Waals surface area contributed by atoms with E-state index in [2.05, 4.69) is 32.3 Å². The molecule has 0 bridgehead atoms. The molecule has 162 valence electrons. The van der Waals surface area contributed by atoms with Crippen LogP contribution in [0.25, 0.3) is 16.9 Å². The van der Waals surface area contributed by atoms with Gasteiger partial charge in [-0.15, -0.1) is 0 Å². The minimum Gasteiger partial charge on any atom is -0.311 e. The summed E-state index contributed by atoms with van der Waals surface area (Å²) in [7, 11) is 1.60. The lowest BCUT2D eigenvalue weighted by molar-refractivity contribution is -0.117. The van der Waals surface area contributed by atoms with Gasteiger partial charge in [0.1, 0.15) is 5.78 Å². The maximum Gasteiger partial charge on any atom is 0.332 e. The van der Waals surface area contributed by atoms with E-state index in [1.54, 1.807) is 7.05 Å². The quantitative estimate of drug-likeness (QED) is 0.661. The predicted molar refractivity (Wildman–Crippen MR) is 116 cm³/mol. The first kappa shape index (κ1) is 20.6. The number of hydrogen-bond acceptors (Lipinski definition) is 4. The normalized spacial score (nSPS) is 21.6. The molecule has 3 aromatic heterocycles.